The van der Waals surface area contributed by atoms with Crippen LogP contribution in [-0.4, -0.2) is 10.5 Å². The molecule has 0 aliphatic carbocycles. The van der Waals surface area contributed by atoms with Crippen molar-refractivity contribution in [2.45, 2.75) is 19.9 Å². The maximum Gasteiger partial charge on any atom is 0.261 e. The number of hydrogen-bond donors (Lipinski definition) is 1. The van der Waals surface area contributed by atoms with Gasteiger partial charge in [-0.15, -0.1) is 0 Å². The monoisotopic (exact) mass is 416 g/mol. The molecule has 3 aromatic rings. The molecule has 0 saturated heterocycles. The van der Waals surface area contributed by atoms with E-state index in [1.54, 1.807) is 24.4 Å². The highest BCUT2D eigenvalue weighted by Gasteiger charge is 2.21. The summed E-state index contributed by atoms with van der Waals surface area (Å²) < 4.78 is 2.84. The number of rotatable bonds is 2. The molecule has 0 unspecified atom stereocenters. The molecule has 1 aliphatic rings. The Morgan fingerprint density at radius 3 is 2.88 bits per heavy atom. The molecule has 0 spiro atoms. The molecule has 1 aromatic heterocycles. The molecular weight excluding hydrogens is 404 g/mol. The quantitative estimate of drug-likeness (QED) is 0.666. The first-order chi connectivity index (χ1) is 11.9. The van der Waals surface area contributed by atoms with Crippen LogP contribution in [0.25, 0.3) is 10.9 Å². The van der Waals surface area contributed by atoms with Gasteiger partial charge in [-0.25, -0.2) is 0 Å². The van der Waals surface area contributed by atoms with Gasteiger partial charge < -0.3 is 9.88 Å². The van der Waals surface area contributed by atoms with Crippen LogP contribution in [0, 0.1) is 6.92 Å². The minimum atomic E-state index is -0.422. The Morgan fingerprint density at radius 2 is 2.08 bits per heavy atom. The second kappa shape index (κ2) is 6.00. The van der Waals surface area contributed by atoms with E-state index in [2.05, 4.69) is 21.2 Å². The van der Waals surface area contributed by atoms with Crippen LogP contribution in [0.4, 0.5) is 5.69 Å². The van der Waals surface area contributed by atoms with Gasteiger partial charge in [0.1, 0.15) is 5.56 Å². The van der Waals surface area contributed by atoms with E-state index in [0.29, 0.717) is 16.1 Å². The number of pyridine rings is 1. The van der Waals surface area contributed by atoms with E-state index < -0.39 is 5.91 Å². The fourth-order valence-corrected chi connectivity index (χ4v) is 3.96. The Hall–Kier alpha value is -2.11. The Balaban J connectivity index is 1.83. The number of anilines is 1. The van der Waals surface area contributed by atoms with Gasteiger partial charge in [0.2, 0.25) is 5.43 Å². The average molecular weight is 418 g/mol. The summed E-state index contributed by atoms with van der Waals surface area (Å²) in [5.41, 5.74) is 3.41. The van der Waals surface area contributed by atoms with Crippen molar-refractivity contribution in [3.05, 3.63) is 72.9 Å². The van der Waals surface area contributed by atoms with Crippen molar-refractivity contribution in [3.63, 3.8) is 0 Å². The molecule has 1 amide bonds. The van der Waals surface area contributed by atoms with Crippen molar-refractivity contribution < 1.29 is 4.79 Å². The first kappa shape index (κ1) is 16.4. The number of amides is 1. The zero-order valence-corrected chi connectivity index (χ0v) is 15.7. The van der Waals surface area contributed by atoms with Crippen LogP contribution in [0.1, 0.15) is 21.5 Å². The molecule has 6 heteroatoms. The van der Waals surface area contributed by atoms with Gasteiger partial charge in [0.25, 0.3) is 5.91 Å². The Kier molecular flexibility index (Phi) is 3.93. The highest BCUT2D eigenvalue weighted by Crippen LogP contribution is 2.28. The summed E-state index contributed by atoms with van der Waals surface area (Å²) in [5, 5.41) is 3.91. The highest BCUT2D eigenvalue weighted by atomic mass is 79.9. The standard InChI is InChI=1S/C19H14BrClN2O2/c1-10-2-3-13(21)8-16(10)22-19(25)15-9-23-5-4-11-6-12(20)7-14(17(11)23)18(15)24/h2-3,6-9H,4-5H2,1H3,(H,22,25). The Bertz CT molecular complexity index is 1100. The fourth-order valence-electron chi connectivity index (χ4n) is 3.28. The lowest BCUT2D eigenvalue weighted by Gasteiger charge is -2.11. The van der Waals surface area contributed by atoms with Crippen molar-refractivity contribution in [2.75, 3.05) is 5.32 Å². The van der Waals surface area contributed by atoms with Gasteiger partial charge in [-0.05, 0) is 48.7 Å². The summed E-state index contributed by atoms with van der Waals surface area (Å²) in [7, 11) is 0. The summed E-state index contributed by atoms with van der Waals surface area (Å²) in [6, 6.07) is 9.08. The van der Waals surface area contributed by atoms with E-state index in [9.17, 15) is 9.59 Å². The Morgan fingerprint density at radius 1 is 1.28 bits per heavy atom. The van der Waals surface area contributed by atoms with Crippen LogP contribution in [-0.2, 0) is 13.0 Å². The lowest BCUT2D eigenvalue weighted by Crippen LogP contribution is -2.23. The summed E-state index contributed by atoms with van der Waals surface area (Å²) in [6.45, 7) is 2.64. The molecule has 0 saturated carbocycles. The number of nitrogens with one attached hydrogen (secondary N) is 1. The average Bonchev–Trinajstić information content (AvgIpc) is 2.97. The Labute approximate surface area is 157 Å². The number of aromatic nitrogens is 1. The molecule has 126 valence electrons. The maximum atomic E-state index is 12.9. The lowest BCUT2D eigenvalue weighted by atomic mass is 10.1. The molecule has 2 aromatic carbocycles. The zero-order chi connectivity index (χ0) is 17.7. The summed E-state index contributed by atoms with van der Waals surface area (Å²) in [6.07, 6.45) is 2.51. The molecule has 4 nitrogen and oxygen atoms in total. The second-order valence-corrected chi connectivity index (χ2v) is 7.54. The van der Waals surface area contributed by atoms with Gasteiger partial charge in [0.05, 0.1) is 5.52 Å². The van der Waals surface area contributed by atoms with E-state index in [4.69, 9.17) is 11.6 Å². The van der Waals surface area contributed by atoms with E-state index in [1.807, 2.05) is 23.6 Å². The van der Waals surface area contributed by atoms with Gasteiger partial charge in [-0.2, -0.15) is 0 Å². The van der Waals surface area contributed by atoms with Crippen LogP contribution in [0.5, 0.6) is 0 Å². The van der Waals surface area contributed by atoms with E-state index >= 15 is 0 Å². The number of carbonyl (C=O) groups is 1. The highest BCUT2D eigenvalue weighted by molar-refractivity contribution is 9.10. The summed E-state index contributed by atoms with van der Waals surface area (Å²) in [5.74, 6) is -0.422. The molecule has 1 N–H and O–H groups in total. The molecule has 0 fully saturated rings. The largest absolute Gasteiger partial charge is 0.346 e. The van der Waals surface area contributed by atoms with Gasteiger partial charge in [0, 0.05) is 33.3 Å². The third kappa shape index (κ3) is 2.77. The van der Waals surface area contributed by atoms with Crippen molar-refractivity contribution in [1.82, 2.24) is 4.57 Å². The number of nitrogens with zero attached hydrogens (tertiary/aromatic N) is 1. The number of aryl methyl sites for hydroxylation is 3. The number of carbonyl (C=O) groups excluding carboxylic acids is 1. The second-order valence-electron chi connectivity index (χ2n) is 6.19. The molecule has 25 heavy (non-hydrogen) atoms. The predicted octanol–water partition coefficient (Wildman–Crippen LogP) is 4.53. The molecule has 0 bridgehead atoms. The normalized spacial score (nSPS) is 12.6. The van der Waals surface area contributed by atoms with Gasteiger partial charge in [0.15, 0.2) is 0 Å². The summed E-state index contributed by atoms with van der Waals surface area (Å²) in [4.78, 5) is 25.6. The van der Waals surface area contributed by atoms with Crippen molar-refractivity contribution in [3.8, 4) is 0 Å². The third-order valence-corrected chi connectivity index (χ3v) is 5.22. The predicted molar refractivity (Wildman–Crippen MR) is 104 cm³/mol. The minimum Gasteiger partial charge on any atom is -0.346 e. The van der Waals surface area contributed by atoms with Crippen LogP contribution >= 0.6 is 27.5 Å². The molecule has 4 rings (SSSR count). The smallest absolute Gasteiger partial charge is 0.261 e. The number of hydrogen-bond acceptors (Lipinski definition) is 2. The number of benzene rings is 2. The molecule has 0 atom stereocenters. The third-order valence-electron chi connectivity index (χ3n) is 4.53. The molecule has 1 aliphatic heterocycles. The minimum absolute atomic E-state index is 0.137. The van der Waals surface area contributed by atoms with E-state index in [0.717, 1.165) is 34.1 Å². The van der Waals surface area contributed by atoms with Gasteiger partial charge in [-0.1, -0.05) is 33.6 Å². The topological polar surface area (TPSA) is 51.1 Å². The van der Waals surface area contributed by atoms with Gasteiger partial charge >= 0.3 is 0 Å². The van der Waals surface area contributed by atoms with Crippen molar-refractivity contribution >= 4 is 50.0 Å². The van der Waals surface area contributed by atoms with Crippen LogP contribution in [0.2, 0.25) is 5.02 Å². The molecule has 0 radical (unpaired) electrons. The van der Waals surface area contributed by atoms with Gasteiger partial charge in [-0.3, -0.25) is 9.59 Å². The molecular formula is C19H14BrClN2O2. The zero-order valence-electron chi connectivity index (χ0n) is 13.4. The van der Waals surface area contributed by atoms with E-state index in [-0.39, 0.29) is 11.0 Å². The summed E-state index contributed by atoms with van der Waals surface area (Å²) >= 11 is 9.46. The van der Waals surface area contributed by atoms with Crippen molar-refractivity contribution in [1.29, 1.82) is 0 Å². The van der Waals surface area contributed by atoms with Crippen LogP contribution < -0.4 is 10.7 Å². The lowest BCUT2D eigenvalue weighted by molar-refractivity contribution is 0.102. The van der Waals surface area contributed by atoms with Crippen LogP contribution in [0.15, 0.2) is 45.8 Å². The first-order valence-corrected chi connectivity index (χ1v) is 9.04. The fraction of sp³-hybridized carbons (Fsp3) is 0.158. The molecule has 2 heterocycles. The maximum absolute atomic E-state index is 12.9. The van der Waals surface area contributed by atoms with Crippen molar-refractivity contribution in [2.24, 2.45) is 0 Å². The van der Waals surface area contributed by atoms with E-state index in [1.165, 1.54) is 0 Å². The first-order valence-electron chi connectivity index (χ1n) is 7.87. The SMILES string of the molecule is Cc1ccc(Cl)cc1NC(=O)c1cn2c3c(cc(Br)cc3c1=O)CC2. The number of halogens is 2. The van der Waals surface area contributed by atoms with Crippen LogP contribution in [0.3, 0.4) is 0 Å².